The number of hydrogen-bond acceptors (Lipinski definition) is 2. The molecule has 2 heteroatoms. The van der Waals surface area contributed by atoms with Crippen molar-refractivity contribution in [1.29, 1.82) is 0 Å². The monoisotopic (exact) mass is 243 g/mol. The summed E-state index contributed by atoms with van der Waals surface area (Å²) in [5.41, 5.74) is 0.408. The topological polar surface area (TPSA) is 21.3 Å². The summed E-state index contributed by atoms with van der Waals surface area (Å²) in [6.07, 6.45) is 7.57. The molecule has 0 bridgehead atoms. The van der Waals surface area contributed by atoms with Crippen LogP contribution in [-0.2, 0) is 4.74 Å². The van der Waals surface area contributed by atoms with Gasteiger partial charge in [-0.25, -0.2) is 0 Å². The van der Waals surface area contributed by atoms with Crippen molar-refractivity contribution >= 4 is 0 Å². The van der Waals surface area contributed by atoms with Crippen LogP contribution in [-0.4, -0.2) is 26.3 Å². The maximum Gasteiger partial charge on any atom is 0.0471 e. The first kappa shape index (κ1) is 16.9. The second-order valence-corrected chi connectivity index (χ2v) is 6.09. The van der Waals surface area contributed by atoms with E-state index in [9.17, 15) is 0 Å². The second kappa shape index (κ2) is 11.0. The largest absolute Gasteiger partial charge is 0.381 e. The van der Waals surface area contributed by atoms with E-state index in [0.717, 1.165) is 26.2 Å². The van der Waals surface area contributed by atoms with Crippen LogP contribution in [0.5, 0.6) is 0 Å². The quantitative estimate of drug-likeness (QED) is 0.554. The highest BCUT2D eigenvalue weighted by molar-refractivity contribution is 4.59. The third kappa shape index (κ3) is 15.9. The van der Waals surface area contributed by atoms with E-state index in [0.29, 0.717) is 5.41 Å². The van der Waals surface area contributed by atoms with Gasteiger partial charge in [-0.2, -0.15) is 0 Å². The predicted octanol–water partition coefficient (Wildman–Crippen LogP) is 4.00. The van der Waals surface area contributed by atoms with Gasteiger partial charge in [-0.05, 0) is 44.2 Å². The van der Waals surface area contributed by atoms with Crippen LogP contribution in [0.2, 0.25) is 0 Å². The molecule has 0 radical (unpaired) electrons. The molecule has 0 amide bonds. The molecule has 0 aromatic heterocycles. The summed E-state index contributed by atoms with van der Waals surface area (Å²) < 4.78 is 5.64. The van der Waals surface area contributed by atoms with E-state index in [4.69, 9.17) is 4.74 Å². The maximum atomic E-state index is 5.64. The third-order valence-corrected chi connectivity index (χ3v) is 2.82. The molecule has 0 aliphatic carbocycles. The summed E-state index contributed by atoms with van der Waals surface area (Å²) >= 11 is 0. The normalized spacial score (nSPS) is 12.0. The molecule has 0 aliphatic heterocycles. The standard InChI is InChI=1S/C15H33NO/c1-5-11-16-12-8-6-7-9-13-17-14-10-15(2,3)4/h16H,5-14H2,1-4H3. The molecule has 0 aromatic carbocycles. The van der Waals surface area contributed by atoms with Crippen molar-refractivity contribution in [2.45, 2.75) is 66.2 Å². The predicted molar refractivity (Wildman–Crippen MR) is 76.5 cm³/mol. The molecule has 0 saturated carbocycles. The molecule has 0 unspecified atom stereocenters. The Bertz CT molecular complexity index is 151. The van der Waals surface area contributed by atoms with Gasteiger partial charge in [0.05, 0.1) is 0 Å². The summed E-state index contributed by atoms with van der Waals surface area (Å²) in [6, 6.07) is 0. The summed E-state index contributed by atoms with van der Waals surface area (Å²) in [6.45, 7) is 13.2. The van der Waals surface area contributed by atoms with E-state index in [2.05, 4.69) is 33.0 Å². The van der Waals surface area contributed by atoms with Crippen LogP contribution in [0.15, 0.2) is 0 Å². The zero-order chi connectivity index (χ0) is 13.0. The van der Waals surface area contributed by atoms with Gasteiger partial charge in [0.25, 0.3) is 0 Å². The van der Waals surface area contributed by atoms with Gasteiger partial charge in [0.1, 0.15) is 0 Å². The van der Waals surface area contributed by atoms with Gasteiger partial charge in [0.2, 0.25) is 0 Å². The number of ether oxygens (including phenoxy) is 1. The lowest BCUT2D eigenvalue weighted by molar-refractivity contribution is 0.105. The molecule has 0 spiro atoms. The van der Waals surface area contributed by atoms with E-state index < -0.39 is 0 Å². The molecule has 17 heavy (non-hydrogen) atoms. The zero-order valence-electron chi connectivity index (χ0n) is 12.5. The van der Waals surface area contributed by atoms with Gasteiger partial charge in [0.15, 0.2) is 0 Å². The smallest absolute Gasteiger partial charge is 0.0471 e. The highest BCUT2D eigenvalue weighted by atomic mass is 16.5. The molecule has 0 saturated heterocycles. The van der Waals surface area contributed by atoms with Crippen LogP contribution in [0.4, 0.5) is 0 Å². The van der Waals surface area contributed by atoms with E-state index in [-0.39, 0.29) is 0 Å². The fourth-order valence-electron chi connectivity index (χ4n) is 1.59. The summed E-state index contributed by atoms with van der Waals surface area (Å²) in [5.74, 6) is 0. The minimum Gasteiger partial charge on any atom is -0.381 e. The molecule has 0 heterocycles. The Morgan fingerprint density at radius 3 is 2.24 bits per heavy atom. The molecule has 104 valence electrons. The highest BCUT2D eigenvalue weighted by Gasteiger charge is 2.08. The van der Waals surface area contributed by atoms with Gasteiger partial charge in [-0.1, -0.05) is 40.5 Å². The summed E-state index contributed by atoms with van der Waals surface area (Å²) in [5, 5.41) is 3.43. The van der Waals surface area contributed by atoms with Crippen molar-refractivity contribution in [3.63, 3.8) is 0 Å². The number of rotatable bonds is 11. The van der Waals surface area contributed by atoms with Gasteiger partial charge in [0, 0.05) is 13.2 Å². The minimum atomic E-state index is 0.408. The lowest BCUT2D eigenvalue weighted by atomic mass is 9.93. The number of nitrogens with one attached hydrogen (secondary N) is 1. The average molecular weight is 243 g/mol. The molecule has 0 aliphatic rings. The van der Waals surface area contributed by atoms with Gasteiger partial charge >= 0.3 is 0 Å². The highest BCUT2D eigenvalue weighted by Crippen LogP contribution is 2.17. The van der Waals surface area contributed by atoms with Crippen molar-refractivity contribution < 1.29 is 4.74 Å². The van der Waals surface area contributed by atoms with E-state index in [1.165, 1.54) is 38.6 Å². The van der Waals surface area contributed by atoms with Crippen LogP contribution < -0.4 is 5.32 Å². The fourth-order valence-corrected chi connectivity index (χ4v) is 1.59. The van der Waals surface area contributed by atoms with Crippen molar-refractivity contribution in [3.05, 3.63) is 0 Å². The van der Waals surface area contributed by atoms with Crippen molar-refractivity contribution in [2.75, 3.05) is 26.3 Å². The van der Waals surface area contributed by atoms with Crippen LogP contribution in [0.1, 0.15) is 66.2 Å². The van der Waals surface area contributed by atoms with Crippen molar-refractivity contribution in [3.8, 4) is 0 Å². The lowest BCUT2D eigenvalue weighted by Crippen LogP contribution is -2.15. The Morgan fingerprint density at radius 2 is 1.59 bits per heavy atom. The Labute approximate surface area is 109 Å². The maximum absolute atomic E-state index is 5.64. The average Bonchev–Trinajstić information content (AvgIpc) is 2.24. The van der Waals surface area contributed by atoms with Crippen LogP contribution in [0.25, 0.3) is 0 Å². The Kier molecular flexibility index (Phi) is 11.0. The Balaban J connectivity index is 2.99. The first-order chi connectivity index (χ1) is 8.06. The molecule has 0 atom stereocenters. The van der Waals surface area contributed by atoms with Crippen LogP contribution in [0, 0.1) is 5.41 Å². The van der Waals surface area contributed by atoms with Gasteiger partial charge < -0.3 is 10.1 Å². The number of hydrogen-bond donors (Lipinski definition) is 1. The molecule has 1 N–H and O–H groups in total. The van der Waals surface area contributed by atoms with E-state index in [1.54, 1.807) is 0 Å². The molecular weight excluding hydrogens is 210 g/mol. The minimum absolute atomic E-state index is 0.408. The molecule has 0 aromatic rings. The van der Waals surface area contributed by atoms with Crippen molar-refractivity contribution in [2.24, 2.45) is 5.41 Å². The van der Waals surface area contributed by atoms with E-state index in [1.807, 2.05) is 0 Å². The first-order valence-corrected chi connectivity index (χ1v) is 7.35. The molecular formula is C15H33NO. The van der Waals surface area contributed by atoms with Gasteiger partial charge in [-0.15, -0.1) is 0 Å². The fraction of sp³-hybridized carbons (Fsp3) is 1.00. The Morgan fingerprint density at radius 1 is 0.882 bits per heavy atom. The molecule has 0 rings (SSSR count). The third-order valence-electron chi connectivity index (χ3n) is 2.82. The summed E-state index contributed by atoms with van der Waals surface area (Å²) in [4.78, 5) is 0. The summed E-state index contributed by atoms with van der Waals surface area (Å²) in [7, 11) is 0. The zero-order valence-corrected chi connectivity index (χ0v) is 12.5. The van der Waals surface area contributed by atoms with Crippen LogP contribution >= 0.6 is 0 Å². The SMILES string of the molecule is CCCNCCCCCCOCCC(C)(C)C. The van der Waals surface area contributed by atoms with Crippen LogP contribution in [0.3, 0.4) is 0 Å². The van der Waals surface area contributed by atoms with Gasteiger partial charge in [-0.3, -0.25) is 0 Å². The second-order valence-electron chi connectivity index (χ2n) is 6.09. The molecule has 2 nitrogen and oxygen atoms in total. The number of unbranched alkanes of at least 4 members (excludes halogenated alkanes) is 3. The lowest BCUT2D eigenvalue weighted by Gasteiger charge is -2.17. The van der Waals surface area contributed by atoms with Crippen molar-refractivity contribution in [1.82, 2.24) is 5.32 Å². The molecule has 0 fully saturated rings. The first-order valence-electron chi connectivity index (χ1n) is 7.35. The Hall–Kier alpha value is -0.0800. The van der Waals surface area contributed by atoms with E-state index >= 15 is 0 Å².